The number of benzene rings is 1. The second-order valence-corrected chi connectivity index (χ2v) is 7.39. The Morgan fingerprint density at radius 1 is 1.12 bits per heavy atom. The largest absolute Gasteiger partial charge is 0.371 e. The number of anilines is 1. The van der Waals surface area contributed by atoms with Crippen molar-refractivity contribution in [2.45, 2.75) is 39.0 Å². The number of amides is 1. The van der Waals surface area contributed by atoms with Crippen molar-refractivity contribution < 1.29 is 4.79 Å². The molecule has 2 aromatic rings. The first kappa shape index (κ1) is 15.4. The molecular formula is C20H25N3O. The van der Waals surface area contributed by atoms with Gasteiger partial charge in [-0.25, -0.2) is 0 Å². The van der Waals surface area contributed by atoms with E-state index in [1.54, 1.807) is 0 Å². The minimum Gasteiger partial charge on any atom is -0.371 e. The van der Waals surface area contributed by atoms with Crippen LogP contribution in [0.2, 0.25) is 0 Å². The van der Waals surface area contributed by atoms with Crippen LogP contribution in [-0.2, 0) is 4.79 Å². The van der Waals surface area contributed by atoms with Crippen LogP contribution in [-0.4, -0.2) is 30.5 Å². The predicted octanol–water partition coefficient (Wildman–Crippen LogP) is 3.43. The van der Waals surface area contributed by atoms with Gasteiger partial charge in [0, 0.05) is 42.8 Å². The fraction of sp³-hybridized carbons (Fsp3) is 0.500. The van der Waals surface area contributed by atoms with Gasteiger partial charge in [-0.05, 0) is 50.2 Å². The maximum Gasteiger partial charge on any atom is 0.220 e. The van der Waals surface area contributed by atoms with Gasteiger partial charge in [-0.1, -0.05) is 18.2 Å². The van der Waals surface area contributed by atoms with Crippen LogP contribution < -0.4 is 10.2 Å². The highest BCUT2D eigenvalue weighted by Gasteiger charge is 2.36. The molecule has 0 aliphatic carbocycles. The molecule has 4 heteroatoms. The average Bonchev–Trinajstić information content (AvgIpc) is 2.77. The average molecular weight is 323 g/mol. The van der Waals surface area contributed by atoms with Crippen molar-refractivity contribution >= 4 is 22.5 Å². The molecule has 4 rings (SSSR count). The highest BCUT2D eigenvalue weighted by molar-refractivity contribution is 5.92. The highest BCUT2D eigenvalue weighted by Crippen LogP contribution is 2.42. The summed E-state index contributed by atoms with van der Waals surface area (Å²) >= 11 is 0. The second-order valence-electron chi connectivity index (χ2n) is 7.39. The van der Waals surface area contributed by atoms with Gasteiger partial charge in [0.05, 0.1) is 5.52 Å². The summed E-state index contributed by atoms with van der Waals surface area (Å²) in [5.74, 6) is 0.227. The molecule has 0 radical (unpaired) electrons. The molecule has 1 aromatic carbocycles. The molecule has 1 amide bonds. The van der Waals surface area contributed by atoms with E-state index in [0.717, 1.165) is 43.7 Å². The van der Waals surface area contributed by atoms with E-state index >= 15 is 0 Å². The summed E-state index contributed by atoms with van der Waals surface area (Å²) in [7, 11) is 0. The summed E-state index contributed by atoms with van der Waals surface area (Å²) in [5.41, 5.74) is 3.83. The molecule has 0 bridgehead atoms. The summed E-state index contributed by atoms with van der Waals surface area (Å²) in [6, 6.07) is 10.6. The Bertz CT molecular complexity index is 763. The minimum absolute atomic E-state index is 0.227. The summed E-state index contributed by atoms with van der Waals surface area (Å²) in [5, 5.41) is 4.28. The number of carbonyl (C=O) groups excluding carboxylic acids is 1. The number of pyridine rings is 1. The van der Waals surface area contributed by atoms with E-state index in [1.807, 2.05) is 0 Å². The molecule has 2 aliphatic heterocycles. The first-order chi connectivity index (χ1) is 11.7. The Hall–Kier alpha value is -2.10. The van der Waals surface area contributed by atoms with Crippen LogP contribution in [0.25, 0.3) is 10.9 Å². The molecule has 3 heterocycles. The van der Waals surface area contributed by atoms with Gasteiger partial charge >= 0.3 is 0 Å². The fourth-order valence-corrected chi connectivity index (χ4v) is 4.33. The molecular weight excluding hydrogens is 298 g/mol. The van der Waals surface area contributed by atoms with Gasteiger partial charge in [0.25, 0.3) is 0 Å². The molecule has 0 unspecified atom stereocenters. The lowest BCUT2D eigenvalue weighted by molar-refractivity contribution is -0.120. The predicted molar refractivity (Wildman–Crippen MR) is 97.2 cm³/mol. The third-order valence-electron chi connectivity index (χ3n) is 5.85. The van der Waals surface area contributed by atoms with Crippen molar-refractivity contribution in [2.75, 3.05) is 24.5 Å². The monoisotopic (exact) mass is 323 g/mol. The van der Waals surface area contributed by atoms with Crippen molar-refractivity contribution in [1.82, 2.24) is 10.3 Å². The Morgan fingerprint density at radius 2 is 1.92 bits per heavy atom. The van der Waals surface area contributed by atoms with Crippen LogP contribution in [0.3, 0.4) is 0 Å². The normalized spacial score (nSPS) is 20.9. The van der Waals surface area contributed by atoms with Gasteiger partial charge in [0.1, 0.15) is 0 Å². The maximum atomic E-state index is 11.7. The van der Waals surface area contributed by atoms with E-state index in [4.69, 9.17) is 0 Å². The highest BCUT2D eigenvalue weighted by atomic mass is 16.1. The summed E-state index contributed by atoms with van der Waals surface area (Å²) in [6.07, 6.45) is 5.22. The molecule has 1 spiro atoms. The van der Waals surface area contributed by atoms with Gasteiger partial charge < -0.3 is 10.2 Å². The van der Waals surface area contributed by atoms with Gasteiger partial charge in [-0.2, -0.15) is 0 Å². The van der Waals surface area contributed by atoms with Crippen LogP contribution >= 0.6 is 0 Å². The lowest BCUT2D eigenvalue weighted by atomic mass is 9.73. The molecule has 1 N–H and O–H groups in total. The summed E-state index contributed by atoms with van der Waals surface area (Å²) in [6.45, 7) is 5.06. The quantitative estimate of drug-likeness (QED) is 0.874. The number of hydrogen-bond acceptors (Lipinski definition) is 3. The zero-order valence-electron chi connectivity index (χ0n) is 14.3. The van der Waals surface area contributed by atoms with Gasteiger partial charge in [-0.3, -0.25) is 9.78 Å². The molecule has 1 aromatic heterocycles. The zero-order valence-corrected chi connectivity index (χ0v) is 14.3. The molecule has 4 nitrogen and oxygen atoms in total. The number of piperidine rings is 1. The van der Waals surface area contributed by atoms with Crippen molar-refractivity contribution in [1.29, 1.82) is 0 Å². The number of rotatable bonds is 1. The molecule has 126 valence electrons. The lowest BCUT2D eigenvalue weighted by Gasteiger charge is -2.42. The van der Waals surface area contributed by atoms with E-state index in [2.05, 4.69) is 52.5 Å². The number of aryl methyl sites for hydroxylation is 1. The number of para-hydroxylation sites is 1. The number of nitrogens with zero attached hydrogens (tertiary/aromatic N) is 2. The molecule has 2 aliphatic rings. The lowest BCUT2D eigenvalue weighted by Crippen LogP contribution is -2.40. The smallest absolute Gasteiger partial charge is 0.220 e. The summed E-state index contributed by atoms with van der Waals surface area (Å²) in [4.78, 5) is 18.8. The first-order valence-electron chi connectivity index (χ1n) is 9.03. The van der Waals surface area contributed by atoms with E-state index < -0.39 is 0 Å². The second kappa shape index (κ2) is 6.08. The van der Waals surface area contributed by atoms with Crippen molar-refractivity contribution in [3.05, 3.63) is 36.0 Å². The fourth-order valence-electron chi connectivity index (χ4n) is 4.33. The van der Waals surface area contributed by atoms with Crippen molar-refractivity contribution in [3.63, 3.8) is 0 Å². The van der Waals surface area contributed by atoms with E-state index in [9.17, 15) is 4.79 Å². The SMILES string of the molecule is Cc1cc(N2CCC3(CCNC(=O)CC3)CC2)c2ccccc2n1. The molecule has 0 atom stereocenters. The van der Waals surface area contributed by atoms with E-state index in [0.29, 0.717) is 11.8 Å². The third kappa shape index (κ3) is 2.85. The molecule has 2 saturated heterocycles. The number of hydrogen-bond donors (Lipinski definition) is 1. The third-order valence-corrected chi connectivity index (χ3v) is 5.85. The van der Waals surface area contributed by atoms with Crippen molar-refractivity contribution in [3.8, 4) is 0 Å². The van der Waals surface area contributed by atoms with Gasteiger partial charge in [0.15, 0.2) is 0 Å². The zero-order chi connectivity index (χ0) is 16.6. The number of aromatic nitrogens is 1. The van der Waals surface area contributed by atoms with Crippen LogP contribution in [0.5, 0.6) is 0 Å². The number of carbonyl (C=O) groups is 1. The molecule has 0 saturated carbocycles. The van der Waals surface area contributed by atoms with Gasteiger partial charge in [0.2, 0.25) is 5.91 Å². The topological polar surface area (TPSA) is 45.2 Å². The van der Waals surface area contributed by atoms with Crippen LogP contribution in [0.1, 0.15) is 37.8 Å². The van der Waals surface area contributed by atoms with E-state index in [-0.39, 0.29) is 5.91 Å². The van der Waals surface area contributed by atoms with Crippen molar-refractivity contribution in [2.24, 2.45) is 5.41 Å². The van der Waals surface area contributed by atoms with E-state index in [1.165, 1.54) is 23.9 Å². The number of nitrogens with one attached hydrogen (secondary N) is 1. The Balaban J connectivity index is 1.57. The number of fused-ring (bicyclic) bond motifs is 1. The first-order valence-corrected chi connectivity index (χ1v) is 9.03. The Kier molecular flexibility index (Phi) is 3.91. The molecule has 24 heavy (non-hydrogen) atoms. The van der Waals surface area contributed by atoms with Crippen LogP contribution in [0.4, 0.5) is 5.69 Å². The Morgan fingerprint density at radius 3 is 2.75 bits per heavy atom. The van der Waals surface area contributed by atoms with Gasteiger partial charge in [-0.15, -0.1) is 0 Å². The molecule has 2 fully saturated rings. The standard InChI is InChI=1S/C20H25N3O/c1-15-14-18(16-4-2-3-5-17(16)22-15)23-12-9-20(10-13-23)7-6-19(24)21-11-8-20/h2-5,14H,6-13H2,1H3,(H,21,24). The Labute approximate surface area is 143 Å². The van der Waals surface area contributed by atoms with Crippen LogP contribution in [0.15, 0.2) is 30.3 Å². The summed E-state index contributed by atoms with van der Waals surface area (Å²) < 4.78 is 0. The minimum atomic E-state index is 0.227. The maximum absolute atomic E-state index is 11.7. The van der Waals surface area contributed by atoms with Crippen LogP contribution in [0, 0.1) is 12.3 Å².